The number of hydrogen-bond donors (Lipinski definition) is 1. The molecule has 0 aromatic heterocycles. The first-order chi connectivity index (χ1) is 9.45. The van der Waals surface area contributed by atoms with Crippen LogP contribution in [-0.2, 0) is 6.61 Å². The number of aliphatic hydroxyl groups excluding tert-OH is 1. The molecule has 20 heavy (non-hydrogen) atoms. The third-order valence-corrected chi connectivity index (χ3v) is 3.29. The van der Waals surface area contributed by atoms with Crippen molar-refractivity contribution in [2.45, 2.75) is 40.4 Å². The van der Waals surface area contributed by atoms with Crippen molar-refractivity contribution in [2.24, 2.45) is 0 Å². The van der Waals surface area contributed by atoms with E-state index in [1.54, 1.807) is 6.92 Å². The molecular weight excluding hydrogens is 248 g/mol. The molecule has 0 radical (unpaired) electrons. The lowest BCUT2D eigenvalue weighted by Gasteiger charge is -2.15. The summed E-state index contributed by atoms with van der Waals surface area (Å²) in [5, 5.41) is 9.80. The molecule has 1 unspecified atom stereocenters. The predicted octanol–water partition coefficient (Wildman–Crippen LogP) is 4.24. The molecule has 0 aliphatic heterocycles. The average Bonchev–Trinajstić information content (AvgIpc) is 2.35. The molecule has 2 heteroatoms. The molecule has 0 bridgehead atoms. The lowest BCUT2D eigenvalue weighted by Crippen LogP contribution is -2.02. The zero-order valence-electron chi connectivity index (χ0n) is 12.6. The summed E-state index contributed by atoms with van der Waals surface area (Å²) in [6.45, 7) is 8.48. The number of rotatable bonds is 4. The predicted molar refractivity (Wildman–Crippen MR) is 82.1 cm³/mol. The molecule has 2 aromatic carbocycles. The summed E-state index contributed by atoms with van der Waals surface area (Å²) in [4.78, 5) is 0. The van der Waals surface area contributed by atoms with Crippen molar-refractivity contribution in [1.82, 2.24) is 0 Å². The second-order valence-electron chi connectivity index (χ2n) is 5.50. The summed E-state index contributed by atoms with van der Waals surface area (Å²) in [5.74, 6) is 0.763. The molecule has 0 spiro atoms. The SMILES string of the molecule is Cc1cc(C)cc(COc2cc(C)ccc2C(C)O)c1. The quantitative estimate of drug-likeness (QED) is 0.900. The topological polar surface area (TPSA) is 29.5 Å². The first-order valence-corrected chi connectivity index (χ1v) is 6.94. The van der Waals surface area contributed by atoms with Crippen molar-refractivity contribution < 1.29 is 9.84 Å². The third-order valence-electron chi connectivity index (χ3n) is 3.29. The molecule has 106 valence electrons. The zero-order chi connectivity index (χ0) is 14.7. The molecule has 0 fully saturated rings. The normalized spacial score (nSPS) is 12.2. The van der Waals surface area contributed by atoms with Crippen LogP contribution in [0.25, 0.3) is 0 Å². The Kier molecular flexibility index (Phi) is 4.46. The Morgan fingerprint density at radius 1 is 0.950 bits per heavy atom. The molecule has 0 saturated heterocycles. The Morgan fingerprint density at radius 3 is 2.20 bits per heavy atom. The number of benzene rings is 2. The van der Waals surface area contributed by atoms with Crippen molar-refractivity contribution in [3.8, 4) is 5.75 Å². The molecule has 2 nitrogen and oxygen atoms in total. The van der Waals surface area contributed by atoms with E-state index in [1.807, 2.05) is 25.1 Å². The summed E-state index contributed by atoms with van der Waals surface area (Å²) in [7, 11) is 0. The molecule has 1 atom stereocenters. The molecule has 1 N–H and O–H groups in total. The minimum Gasteiger partial charge on any atom is -0.489 e. The Hall–Kier alpha value is -1.80. The van der Waals surface area contributed by atoms with E-state index >= 15 is 0 Å². The Morgan fingerprint density at radius 2 is 1.60 bits per heavy atom. The van der Waals surface area contributed by atoms with Gasteiger partial charge in [0, 0.05) is 5.56 Å². The minimum atomic E-state index is -0.523. The van der Waals surface area contributed by atoms with Crippen molar-refractivity contribution in [3.05, 3.63) is 64.2 Å². The molecular formula is C18H22O2. The van der Waals surface area contributed by atoms with Crippen LogP contribution in [0.15, 0.2) is 36.4 Å². The molecule has 2 aromatic rings. The monoisotopic (exact) mass is 270 g/mol. The maximum absolute atomic E-state index is 9.80. The largest absolute Gasteiger partial charge is 0.489 e. The van der Waals surface area contributed by atoms with Gasteiger partial charge in [-0.05, 0) is 44.9 Å². The molecule has 0 heterocycles. The summed E-state index contributed by atoms with van der Waals surface area (Å²) < 4.78 is 5.92. The number of aliphatic hydroxyl groups is 1. The van der Waals surface area contributed by atoms with E-state index < -0.39 is 6.10 Å². The van der Waals surface area contributed by atoms with Gasteiger partial charge >= 0.3 is 0 Å². The number of ether oxygens (including phenoxy) is 1. The molecule has 0 aliphatic rings. The molecule has 0 aliphatic carbocycles. The fraction of sp³-hybridized carbons (Fsp3) is 0.333. The molecule has 0 saturated carbocycles. The first kappa shape index (κ1) is 14.6. The van der Waals surface area contributed by atoms with E-state index in [9.17, 15) is 5.11 Å². The summed E-state index contributed by atoms with van der Waals surface area (Å²) in [5.41, 5.74) is 5.59. The van der Waals surface area contributed by atoms with Crippen LogP contribution in [0.3, 0.4) is 0 Å². The van der Waals surface area contributed by atoms with Gasteiger partial charge in [0.05, 0.1) is 6.10 Å². The minimum absolute atomic E-state index is 0.520. The summed E-state index contributed by atoms with van der Waals surface area (Å²) in [6, 6.07) is 12.3. The second-order valence-corrected chi connectivity index (χ2v) is 5.50. The van der Waals surface area contributed by atoms with E-state index in [1.165, 1.54) is 11.1 Å². The highest BCUT2D eigenvalue weighted by atomic mass is 16.5. The molecule has 2 rings (SSSR count). The standard InChI is InChI=1S/C18H22O2/c1-12-5-6-17(15(4)19)18(10-12)20-11-16-8-13(2)7-14(3)9-16/h5-10,15,19H,11H2,1-4H3. The van der Waals surface area contributed by atoms with Gasteiger partial charge in [0.25, 0.3) is 0 Å². The fourth-order valence-corrected chi connectivity index (χ4v) is 2.43. The van der Waals surface area contributed by atoms with Gasteiger partial charge in [0.2, 0.25) is 0 Å². The van der Waals surface area contributed by atoms with Gasteiger partial charge in [0.1, 0.15) is 12.4 Å². The van der Waals surface area contributed by atoms with E-state index in [4.69, 9.17) is 4.74 Å². The van der Waals surface area contributed by atoms with Crippen molar-refractivity contribution in [1.29, 1.82) is 0 Å². The van der Waals surface area contributed by atoms with Crippen LogP contribution in [0.5, 0.6) is 5.75 Å². The smallest absolute Gasteiger partial charge is 0.125 e. The van der Waals surface area contributed by atoms with Crippen LogP contribution < -0.4 is 4.74 Å². The van der Waals surface area contributed by atoms with Crippen LogP contribution >= 0.6 is 0 Å². The van der Waals surface area contributed by atoms with Crippen LogP contribution in [0.1, 0.15) is 40.8 Å². The summed E-state index contributed by atoms with van der Waals surface area (Å²) >= 11 is 0. The highest BCUT2D eigenvalue weighted by Gasteiger charge is 2.09. The average molecular weight is 270 g/mol. The van der Waals surface area contributed by atoms with Gasteiger partial charge in [-0.3, -0.25) is 0 Å². The van der Waals surface area contributed by atoms with Crippen LogP contribution in [0, 0.1) is 20.8 Å². The lowest BCUT2D eigenvalue weighted by molar-refractivity contribution is 0.190. The van der Waals surface area contributed by atoms with E-state index in [-0.39, 0.29) is 0 Å². The van der Waals surface area contributed by atoms with E-state index in [0.29, 0.717) is 6.61 Å². The Balaban J connectivity index is 2.20. The summed E-state index contributed by atoms with van der Waals surface area (Å²) in [6.07, 6.45) is -0.523. The van der Waals surface area contributed by atoms with Gasteiger partial charge in [0.15, 0.2) is 0 Å². The van der Waals surface area contributed by atoms with Gasteiger partial charge < -0.3 is 9.84 Å². The number of hydrogen-bond acceptors (Lipinski definition) is 2. The van der Waals surface area contributed by atoms with E-state index in [0.717, 1.165) is 22.4 Å². The van der Waals surface area contributed by atoms with Crippen molar-refractivity contribution >= 4 is 0 Å². The van der Waals surface area contributed by atoms with Crippen molar-refractivity contribution in [2.75, 3.05) is 0 Å². The zero-order valence-corrected chi connectivity index (χ0v) is 12.6. The van der Waals surface area contributed by atoms with Crippen LogP contribution in [0.2, 0.25) is 0 Å². The van der Waals surface area contributed by atoms with Gasteiger partial charge in [-0.1, -0.05) is 41.5 Å². The highest BCUT2D eigenvalue weighted by Crippen LogP contribution is 2.27. The number of aryl methyl sites for hydroxylation is 3. The third kappa shape index (κ3) is 3.61. The fourth-order valence-electron chi connectivity index (χ4n) is 2.43. The Bertz CT molecular complexity index is 580. The maximum Gasteiger partial charge on any atom is 0.125 e. The van der Waals surface area contributed by atoms with E-state index in [2.05, 4.69) is 32.0 Å². The Labute approximate surface area is 121 Å². The first-order valence-electron chi connectivity index (χ1n) is 6.94. The van der Waals surface area contributed by atoms with Gasteiger partial charge in [-0.15, -0.1) is 0 Å². The van der Waals surface area contributed by atoms with Gasteiger partial charge in [-0.2, -0.15) is 0 Å². The van der Waals surface area contributed by atoms with Crippen molar-refractivity contribution in [3.63, 3.8) is 0 Å². The molecule has 0 amide bonds. The highest BCUT2D eigenvalue weighted by molar-refractivity contribution is 5.39. The maximum atomic E-state index is 9.80. The second kappa shape index (κ2) is 6.10. The van der Waals surface area contributed by atoms with Crippen LogP contribution in [-0.4, -0.2) is 5.11 Å². The lowest BCUT2D eigenvalue weighted by atomic mass is 10.1. The van der Waals surface area contributed by atoms with Gasteiger partial charge in [-0.25, -0.2) is 0 Å². The van der Waals surface area contributed by atoms with Crippen LogP contribution in [0.4, 0.5) is 0 Å².